The number of ether oxygens (including phenoxy) is 1. The first-order valence-electron chi connectivity index (χ1n) is 13.4. The second-order valence-corrected chi connectivity index (χ2v) is 11.1. The zero-order valence-corrected chi connectivity index (χ0v) is 23.4. The molecule has 3 atom stereocenters. The second kappa shape index (κ2) is 12.3. The Morgan fingerprint density at radius 3 is 2.48 bits per heavy atom. The van der Waals surface area contributed by atoms with Crippen LogP contribution in [0.2, 0.25) is 0 Å². The number of amides is 3. The largest absolute Gasteiger partial charge is 0.406 e. The van der Waals surface area contributed by atoms with Crippen molar-refractivity contribution in [3.05, 3.63) is 66.0 Å². The number of nitrogens with one attached hydrogen (secondary N) is 1. The summed E-state index contributed by atoms with van der Waals surface area (Å²) in [5.41, 5.74) is 4.13. The number of nitrogens with two attached hydrogens (primary N) is 1. The molecular weight excluding hydrogens is 557 g/mol. The summed E-state index contributed by atoms with van der Waals surface area (Å²) in [5.74, 6) is -2.19. The number of rotatable bonds is 10. The summed E-state index contributed by atoms with van der Waals surface area (Å²) in [6.45, 7) is 0.758. The molecule has 14 heteroatoms. The quantitative estimate of drug-likeness (QED) is 0.365. The first kappa shape index (κ1) is 31.3. The highest BCUT2D eigenvalue weighted by molar-refractivity contribution is 5.93. The van der Waals surface area contributed by atoms with Gasteiger partial charge in [-0.15, -0.1) is 0 Å². The molecule has 11 nitrogen and oxygen atoms in total. The molecule has 1 aromatic heterocycles. The lowest BCUT2D eigenvalue weighted by atomic mass is 9.88. The van der Waals surface area contributed by atoms with E-state index >= 15 is 0 Å². The minimum Gasteiger partial charge on any atom is -0.374 e. The Labute approximate surface area is 241 Å². The van der Waals surface area contributed by atoms with E-state index in [0.29, 0.717) is 10.6 Å². The standard InChI is InChI=1S/C28H35F3N6O5/c1-26(2,32)23(39)34-21(16-42-15-19-8-4-3-5-9-19)22(38)35-12-13-37-25(41)36(18-28(29,30)31)24(40)27(37,17-35)14-20-10-6-7-11-33-20/h3-11,21,25,41H,12-18,32H2,1-2H3,(H,34,39)/t21-,25?,27+/m1/s1. The van der Waals surface area contributed by atoms with Crippen molar-refractivity contribution in [1.82, 2.24) is 25.0 Å². The summed E-state index contributed by atoms with van der Waals surface area (Å²) in [5, 5.41) is 13.5. The van der Waals surface area contributed by atoms with Crippen LogP contribution in [0.5, 0.6) is 0 Å². The molecule has 0 aliphatic carbocycles. The number of alkyl halides is 3. The molecule has 228 valence electrons. The number of pyridine rings is 1. The van der Waals surface area contributed by atoms with Crippen molar-refractivity contribution in [2.45, 2.75) is 56.5 Å². The van der Waals surface area contributed by atoms with Crippen molar-refractivity contribution in [2.24, 2.45) is 5.73 Å². The zero-order valence-electron chi connectivity index (χ0n) is 23.4. The number of halogens is 3. The van der Waals surface area contributed by atoms with E-state index in [1.54, 1.807) is 18.2 Å². The molecule has 0 radical (unpaired) electrons. The average molecular weight is 593 g/mol. The van der Waals surface area contributed by atoms with E-state index in [9.17, 15) is 32.7 Å². The Bertz CT molecular complexity index is 1260. The molecule has 3 amide bonds. The van der Waals surface area contributed by atoms with Crippen molar-refractivity contribution in [3.8, 4) is 0 Å². The van der Waals surface area contributed by atoms with Gasteiger partial charge in [-0.05, 0) is 31.5 Å². The van der Waals surface area contributed by atoms with Gasteiger partial charge in [-0.3, -0.25) is 24.3 Å². The number of benzene rings is 1. The summed E-state index contributed by atoms with van der Waals surface area (Å²) in [7, 11) is 0. The van der Waals surface area contributed by atoms with Crippen LogP contribution in [-0.2, 0) is 32.1 Å². The number of aliphatic hydroxyl groups excluding tert-OH is 1. The van der Waals surface area contributed by atoms with Crippen LogP contribution in [0.3, 0.4) is 0 Å². The first-order valence-corrected chi connectivity index (χ1v) is 13.4. The predicted molar refractivity (Wildman–Crippen MR) is 144 cm³/mol. The van der Waals surface area contributed by atoms with Gasteiger partial charge < -0.3 is 25.8 Å². The van der Waals surface area contributed by atoms with Crippen LogP contribution in [0.15, 0.2) is 54.7 Å². The molecule has 2 aromatic rings. The Morgan fingerprint density at radius 1 is 1.17 bits per heavy atom. The van der Waals surface area contributed by atoms with Crippen molar-refractivity contribution >= 4 is 17.7 Å². The van der Waals surface area contributed by atoms with Gasteiger partial charge in [0, 0.05) is 37.9 Å². The molecule has 42 heavy (non-hydrogen) atoms. The van der Waals surface area contributed by atoms with Crippen LogP contribution in [0.1, 0.15) is 25.1 Å². The highest BCUT2D eigenvalue weighted by Crippen LogP contribution is 2.38. The zero-order chi connectivity index (χ0) is 30.7. The summed E-state index contributed by atoms with van der Waals surface area (Å²) in [6, 6.07) is 12.9. The number of hydrogen-bond acceptors (Lipinski definition) is 8. The lowest BCUT2D eigenvalue weighted by Gasteiger charge is -2.45. The van der Waals surface area contributed by atoms with Crippen LogP contribution in [0.4, 0.5) is 13.2 Å². The number of piperazine rings is 1. The van der Waals surface area contributed by atoms with Crippen molar-refractivity contribution < 1.29 is 37.4 Å². The van der Waals surface area contributed by atoms with E-state index in [0.717, 1.165) is 5.56 Å². The second-order valence-electron chi connectivity index (χ2n) is 11.1. The normalized spacial score (nSPS) is 22.2. The van der Waals surface area contributed by atoms with E-state index in [4.69, 9.17) is 10.5 Å². The third-order valence-corrected chi connectivity index (χ3v) is 7.28. The van der Waals surface area contributed by atoms with Gasteiger partial charge in [0.2, 0.25) is 17.7 Å². The third-order valence-electron chi connectivity index (χ3n) is 7.28. The predicted octanol–water partition coefficient (Wildman–Crippen LogP) is 0.626. The highest BCUT2D eigenvalue weighted by atomic mass is 19.4. The van der Waals surface area contributed by atoms with Crippen molar-refractivity contribution in [3.63, 3.8) is 0 Å². The van der Waals surface area contributed by atoms with E-state index < -0.39 is 53.9 Å². The molecule has 1 aromatic carbocycles. The molecule has 4 N–H and O–H groups in total. The summed E-state index contributed by atoms with van der Waals surface area (Å²) in [4.78, 5) is 47.5. The lowest BCUT2D eigenvalue weighted by Crippen LogP contribution is -2.68. The number of aromatic nitrogens is 1. The Kier molecular flexibility index (Phi) is 9.21. The lowest BCUT2D eigenvalue weighted by molar-refractivity contribution is -0.180. The maximum Gasteiger partial charge on any atom is 0.406 e. The van der Waals surface area contributed by atoms with Gasteiger partial charge in [-0.1, -0.05) is 36.4 Å². The minimum absolute atomic E-state index is 0.0237. The fourth-order valence-electron chi connectivity index (χ4n) is 5.17. The molecule has 2 aliphatic rings. The van der Waals surface area contributed by atoms with Gasteiger partial charge in [0.15, 0.2) is 6.35 Å². The van der Waals surface area contributed by atoms with E-state index in [1.807, 2.05) is 30.3 Å². The Morgan fingerprint density at radius 2 is 1.86 bits per heavy atom. The molecule has 2 aliphatic heterocycles. The molecule has 2 saturated heterocycles. The number of nitrogens with zero attached hydrogens (tertiary/aromatic N) is 4. The van der Waals surface area contributed by atoms with Crippen LogP contribution in [-0.4, -0.2) is 105 Å². The van der Waals surface area contributed by atoms with Gasteiger partial charge >= 0.3 is 6.18 Å². The van der Waals surface area contributed by atoms with Gasteiger partial charge in [-0.25, -0.2) is 4.90 Å². The Balaban J connectivity index is 1.61. The maximum atomic E-state index is 13.9. The number of carbonyl (C=O) groups excluding carboxylic acids is 3. The molecule has 4 rings (SSSR count). The number of carbonyl (C=O) groups is 3. The monoisotopic (exact) mass is 592 g/mol. The van der Waals surface area contributed by atoms with Gasteiger partial charge in [-0.2, -0.15) is 13.2 Å². The topological polar surface area (TPSA) is 141 Å². The minimum atomic E-state index is -4.76. The van der Waals surface area contributed by atoms with Crippen LogP contribution in [0, 0.1) is 0 Å². The molecular formula is C28H35F3N6O5. The fourth-order valence-corrected chi connectivity index (χ4v) is 5.17. The first-order chi connectivity index (χ1) is 19.7. The number of hydrogen-bond donors (Lipinski definition) is 3. The SMILES string of the molecule is CC(C)(N)C(=O)N[C@H](COCc1ccccc1)C(=O)N1CCN2C(O)N(CC(F)(F)F)C(=O)[C@]2(Cc2ccccn2)C1. The van der Waals surface area contributed by atoms with Crippen LogP contribution in [0.25, 0.3) is 0 Å². The van der Waals surface area contributed by atoms with Crippen LogP contribution >= 0.6 is 0 Å². The average Bonchev–Trinajstić information content (AvgIpc) is 3.12. The molecule has 0 spiro atoms. The fraction of sp³-hybridized carbons (Fsp3) is 0.500. The maximum absolute atomic E-state index is 13.9. The highest BCUT2D eigenvalue weighted by Gasteiger charge is 2.61. The van der Waals surface area contributed by atoms with Gasteiger partial charge in [0.05, 0.1) is 18.8 Å². The summed E-state index contributed by atoms with van der Waals surface area (Å²) in [6.07, 6.45) is -5.27. The molecule has 2 fully saturated rings. The van der Waals surface area contributed by atoms with E-state index in [-0.39, 0.29) is 39.3 Å². The van der Waals surface area contributed by atoms with Crippen molar-refractivity contribution in [1.29, 1.82) is 0 Å². The molecule has 1 unspecified atom stereocenters. The van der Waals surface area contributed by atoms with Crippen LogP contribution < -0.4 is 11.1 Å². The smallest absolute Gasteiger partial charge is 0.374 e. The van der Waals surface area contributed by atoms with Gasteiger partial charge in [0.1, 0.15) is 18.1 Å². The molecule has 0 saturated carbocycles. The van der Waals surface area contributed by atoms with Crippen molar-refractivity contribution in [2.75, 3.05) is 32.8 Å². The Hall–Kier alpha value is -3.59. The molecule has 3 heterocycles. The third kappa shape index (κ3) is 7.06. The summed E-state index contributed by atoms with van der Waals surface area (Å²) >= 11 is 0. The number of fused-ring (bicyclic) bond motifs is 1. The van der Waals surface area contributed by atoms with E-state index in [1.165, 1.54) is 29.8 Å². The molecule has 0 bridgehead atoms. The number of aliphatic hydroxyl groups is 1. The summed E-state index contributed by atoms with van der Waals surface area (Å²) < 4.78 is 45.9. The van der Waals surface area contributed by atoms with Gasteiger partial charge in [0.25, 0.3) is 0 Å². The van der Waals surface area contributed by atoms with E-state index in [2.05, 4.69) is 10.3 Å².